The van der Waals surface area contributed by atoms with Crippen molar-refractivity contribution in [2.24, 2.45) is 0 Å². The second kappa shape index (κ2) is 12.3. The second-order valence-corrected chi connectivity index (χ2v) is 7.46. The number of benzene rings is 3. The van der Waals surface area contributed by atoms with E-state index in [2.05, 4.69) is 0 Å². The molecule has 0 radical (unpaired) electrons. The van der Waals surface area contributed by atoms with Crippen molar-refractivity contribution in [1.29, 1.82) is 0 Å². The van der Waals surface area contributed by atoms with E-state index >= 15 is 0 Å². The number of carbonyl (C=O) groups excluding carboxylic acids is 1. The van der Waals surface area contributed by atoms with E-state index in [0.29, 0.717) is 22.6 Å². The highest BCUT2D eigenvalue weighted by atomic mass is 16.5. The van der Waals surface area contributed by atoms with Gasteiger partial charge in [0.2, 0.25) is 0 Å². The zero-order valence-electron chi connectivity index (χ0n) is 20.7. The van der Waals surface area contributed by atoms with E-state index in [-0.39, 0.29) is 6.61 Å². The molecule has 0 spiro atoms. The molecule has 0 heterocycles. The maximum Gasteiger partial charge on any atom is 0.338 e. The summed E-state index contributed by atoms with van der Waals surface area (Å²) in [6, 6.07) is 20.6. The lowest BCUT2D eigenvalue weighted by Crippen LogP contribution is -2.07. The molecule has 0 aliphatic heterocycles. The normalized spacial score (nSPS) is 11.6. The Morgan fingerprint density at radius 3 is 1.74 bits per heavy atom. The quantitative estimate of drug-likeness (QED) is 0.199. The summed E-state index contributed by atoms with van der Waals surface area (Å²) in [5.41, 5.74) is 3.62. The van der Waals surface area contributed by atoms with Gasteiger partial charge in [0.1, 0.15) is 23.0 Å². The van der Waals surface area contributed by atoms with Crippen molar-refractivity contribution < 1.29 is 28.5 Å². The molecule has 0 saturated heterocycles. The molecule has 3 aromatic rings. The summed E-state index contributed by atoms with van der Waals surface area (Å²) in [5.74, 6) is 2.20. The van der Waals surface area contributed by atoms with Gasteiger partial charge in [-0.25, -0.2) is 4.79 Å². The summed E-state index contributed by atoms with van der Waals surface area (Å²) in [4.78, 5) is 12.5. The van der Waals surface area contributed by atoms with Crippen molar-refractivity contribution >= 4 is 29.6 Å². The van der Waals surface area contributed by atoms with E-state index in [1.165, 1.54) is 0 Å². The molecule has 0 aliphatic carbocycles. The van der Waals surface area contributed by atoms with Crippen LogP contribution in [0.1, 0.15) is 39.5 Å². The molecule has 6 heteroatoms. The Morgan fingerprint density at radius 2 is 1.26 bits per heavy atom. The standard InChI is InChI=1S/C29H30O6/c1-6-35-29(30)22-13-14-25(27(33-4)17-20-9-7-11-23(15-20)31-2)26(19-22)28(34-5)18-21-10-8-12-24(16-21)32-3/h7-19H,6H2,1-5H3. The fourth-order valence-corrected chi connectivity index (χ4v) is 3.56. The molecule has 0 aromatic heterocycles. The topological polar surface area (TPSA) is 63.2 Å². The summed E-state index contributed by atoms with van der Waals surface area (Å²) in [6.07, 6.45) is 3.79. The molecule has 0 bridgehead atoms. The molecule has 0 atom stereocenters. The second-order valence-electron chi connectivity index (χ2n) is 7.46. The number of hydrogen-bond acceptors (Lipinski definition) is 6. The van der Waals surface area contributed by atoms with Crippen LogP contribution in [0.4, 0.5) is 0 Å². The van der Waals surface area contributed by atoms with Crippen LogP contribution in [0.3, 0.4) is 0 Å². The molecule has 0 saturated carbocycles. The van der Waals surface area contributed by atoms with Crippen molar-refractivity contribution in [3.8, 4) is 11.5 Å². The summed E-state index contributed by atoms with van der Waals surface area (Å²) in [7, 11) is 6.44. The number of carbonyl (C=O) groups is 1. The molecule has 3 rings (SSSR count). The van der Waals surface area contributed by atoms with Crippen LogP contribution in [0.25, 0.3) is 23.7 Å². The highest BCUT2D eigenvalue weighted by Crippen LogP contribution is 2.31. The first kappa shape index (κ1) is 25.4. The van der Waals surface area contributed by atoms with Crippen molar-refractivity contribution in [2.45, 2.75) is 6.92 Å². The van der Waals surface area contributed by atoms with Gasteiger partial charge in [0, 0.05) is 11.1 Å². The van der Waals surface area contributed by atoms with E-state index in [4.69, 9.17) is 23.7 Å². The Bertz CT molecular complexity index is 1230. The minimum Gasteiger partial charge on any atom is -0.497 e. The molecular formula is C29H30O6. The van der Waals surface area contributed by atoms with Gasteiger partial charge in [0.25, 0.3) is 0 Å². The number of hydrogen-bond donors (Lipinski definition) is 0. The van der Waals surface area contributed by atoms with Crippen LogP contribution in [0.2, 0.25) is 0 Å². The van der Waals surface area contributed by atoms with E-state index < -0.39 is 5.97 Å². The van der Waals surface area contributed by atoms with Crippen molar-refractivity contribution in [3.05, 3.63) is 94.5 Å². The van der Waals surface area contributed by atoms with Crippen LogP contribution in [0, 0.1) is 0 Å². The smallest absolute Gasteiger partial charge is 0.338 e. The molecule has 3 aromatic carbocycles. The van der Waals surface area contributed by atoms with Gasteiger partial charge >= 0.3 is 5.97 Å². The largest absolute Gasteiger partial charge is 0.497 e. The number of methoxy groups -OCH3 is 4. The van der Waals surface area contributed by atoms with Gasteiger partial charge in [-0.3, -0.25) is 0 Å². The van der Waals surface area contributed by atoms with E-state index in [1.807, 2.05) is 66.7 Å². The van der Waals surface area contributed by atoms with Crippen LogP contribution in [0.15, 0.2) is 66.7 Å². The molecule has 0 fully saturated rings. The zero-order chi connectivity index (χ0) is 25.2. The predicted octanol–water partition coefficient (Wildman–Crippen LogP) is 6.17. The lowest BCUT2D eigenvalue weighted by Gasteiger charge is -2.16. The van der Waals surface area contributed by atoms with Gasteiger partial charge in [-0.05, 0) is 72.7 Å². The highest BCUT2D eigenvalue weighted by Gasteiger charge is 2.18. The van der Waals surface area contributed by atoms with Gasteiger partial charge in [-0.2, -0.15) is 0 Å². The van der Waals surface area contributed by atoms with Gasteiger partial charge in [-0.1, -0.05) is 24.3 Å². The van der Waals surface area contributed by atoms with E-state index in [9.17, 15) is 4.79 Å². The minimum absolute atomic E-state index is 0.283. The number of ether oxygens (including phenoxy) is 5. The first-order chi connectivity index (χ1) is 17.0. The third-order valence-corrected chi connectivity index (χ3v) is 5.28. The predicted molar refractivity (Wildman–Crippen MR) is 138 cm³/mol. The number of esters is 1. The number of rotatable bonds is 10. The Morgan fingerprint density at radius 1 is 0.714 bits per heavy atom. The minimum atomic E-state index is -0.409. The molecule has 0 aliphatic rings. The highest BCUT2D eigenvalue weighted by molar-refractivity contribution is 5.94. The maximum absolute atomic E-state index is 12.5. The van der Waals surface area contributed by atoms with Gasteiger partial charge in [0.15, 0.2) is 0 Å². The lowest BCUT2D eigenvalue weighted by atomic mass is 9.98. The van der Waals surface area contributed by atoms with Crippen LogP contribution >= 0.6 is 0 Å². The Kier molecular flexibility index (Phi) is 8.95. The first-order valence-electron chi connectivity index (χ1n) is 11.1. The monoisotopic (exact) mass is 474 g/mol. The Balaban J connectivity index is 2.18. The molecule has 0 amide bonds. The summed E-state index contributed by atoms with van der Waals surface area (Å²) >= 11 is 0. The maximum atomic E-state index is 12.5. The van der Waals surface area contributed by atoms with Crippen LogP contribution in [0.5, 0.6) is 11.5 Å². The third kappa shape index (κ3) is 6.44. The van der Waals surface area contributed by atoms with Crippen molar-refractivity contribution in [3.63, 3.8) is 0 Å². The van der Waals surface area contributed by atoms with E-state index in [0.717, 1.165) is 28.2 Å². The molecule has 0 unspecified atom stereocenters. The van der Waals surface area contributed by atoms with E-state index in [1.54, 1.807) is 47.5 Å². The van der Waals surface area contributed by atoms with Crippen LogP contribution in [-0.4, -0.2) is 41.0 Å². The lowest BCUT2D eigenvalue weighted by molar-refractivity contribution is 0.0526. The first-order valence-corrected chi connectivity index (χ1v) is 11.1. The summed E-state index contributed by atoms with van der Waals surface area (Å²) in [5, 5.41) is 0. The SMILES string of the molecule is CCOC(=O)c1ccc(C(=Cc2cccc(OC)c2)OC)c(C(=Cc2cccc(OC)c2)OC)c1. The fourth-order valence-electron chi connectivity index (χ4n) is 3.56. The Hall–Kier alpha value is -4.19. The van der Waals surface area contributed by atoms with Crippen molar-refractivity contribution in [2.75, 3.05) is 35.0 Å². The van der Waals surface area contributed by atoms with Crippen LogP contribution < -0.4 is 9.47 Å². The fraction of sp³-hybridized carbons (Fsp3) is 0.207. The Labute approximate surface area is 206 Å². The summed E-state index contributed by atoms with van der Waals surface area (Å²) in [6.45, 7) is 2.06. The summed E-state index contributed by atoms with van der Waals surface area (Å²) < 4.78 is 27.5. The van der Waals surface area contributed by atoms with Gasteiger partial charge in [0.05, 0.1) is 40.6 Å². The van der Waals surface area contributed by atoms with Crippen molar-refractivity contribution in [1.82, 2.24) is 0 Å². The average Bonchev–Trinajstić information content (AvgIpc) is 2.90. The van der Waals surface area contributed by atoms with Gasteiger partial charge in [-0.15, -0.1) is 0 Å². The average molecular weight is 475 g/mol. The molecular weight excluding hydrogens is 444 g/mol. The van der Waals surface area contributed by atoms with Crippen LogP contribution in [-0.2, 0) is 14.2 Å². The molecule has 6 nitrogen and oxygen atoms in total. The molecule has 182 valence electrons. The molecule has 0 N–H and O–H groups in total. The molecule has 35 heavy (non-hydrogen) atoms. The third-order valence-electron chi connectivity index (χ3n) is 5.28. The zero-order valence-corrected chi connectivity index (χ0v) is 20.7. The van der Waals surface area contributed by atoms with Gasteiger partial charge < -0.3 is 23.7 Å².